The molecule has 3 saturated heterocycles. The highest BCUT2D eigenvalue weighted by Crippen LogP contribution is 2.34. The van der Waals surface area contributed by atoms with Crippen molar-refractivity contribution in [1.82, 2.24) is 20.0 Å². The van der Waals surface area contributed by atoms with Crippen LogP contribution in [0.2, 0.25) is 0 Å². The molecule has 0 saturated carbocycles. The number of amides is 3. The third-order valence-corrected chi connectivity index (χ3v) is 8.62. The summed E-state index contributed by atoms with van der Waals surface area (Å²) in [4.78, 5) is 33.6. The van der Waals surface area contributed by atoms with Crippen molar-refractivity contribution in [2.75, 3.05) is 26.2 Å². The first kappa shape index (κ1) is 23.5. The molecule has 8 heteroatoms. The number of imide groups is 1. The molecule has 0 spiro atoms. The number of piperidine rings is 1. The lowest BCUT2D eigenvalue weighted by Crippen LogP contribution is -2.53. The minimum absolute atomic E-state index is 0.104. The van der Waals surface area contributed by atoms with E-state index in [1.807, 2.05) is 18.3 Å². The molecular formula is C26H33FN4O2S. The molecular weight excluding hydrogens is 451 g/mol. The van der Waals surface area contributed by atoms with Crippen molar-refractivity contribution in [1.29, 1.82) is 0 Å². The number of thiophene rings is 1. The fourth-order valence-corrected chi connectivity index (χ4v) is 6.51. The second-order valence-electron chi connectivity index (χ2n) is 10.1. The van der Waals surface area contributed by atoms with Gasteiger partial charge >= 0.3 is 6.03 Å². The van der Waals surface area contributed by atoms with Crippen molar-refractivity contribution in [2.45, 2.75) is 57.8 Å². The molecule has 3 fully saturated rings. The summed E-state index contributed by atoms with van der Waals surface area (Å²) < 4.78 is 13.2. The van der Waals surface area contributed by atoms with Gasteiger partial charge in [-0.1, -0.05) is 12.1 Å². The maximum atomic E-state index is 13.3. The third kappa shape index (κ3) is 4.90. The van der Waals surface area contributed by atoms with Gasteiger partial charge in [0, 0.05) is 18.0 Å². The summed E-state index contributed by atoms with van der Waals surface area (Å²) in [6.45, 7) is 8.31. The van der Waals surface area contributed by atoms with Crippen LogP contribution in [0.1, 0.15) is 48.6 Å². The molecule has 0 radical (unpaired) electrons. The Labute approximate surface area is 204 Å². The highest BCUT2D eigenvalue weighted by atomic mass is 32.1. The van der Waals surface area contributed by atoms with E-state index in [1.165, 1.54) is 53.4 Å². The van der Waals surface area contributed by atoms with Crippen molar-refractivity contribution in [3.8, 4) is 0 Å². The first-order chi connectivity index (χ1) is 16.4. The van der Waals surface area contributed by atoms with Gasteiger partial charge in [0.2, 0.25) is 0 Å². The van der Waals surface area contributed by atoms with Gasteiger partial charge in [-0.15, -0.1) is 11.3 Å². The minimum Gasteiger partial charge on any atom is -0.323 e. The van der Waals surface area contributed by atoms with E-state index in [9.17, 15) is 14.0 Å². The summed E-state index contributed by atoms with van der Waals surface area (Å²) in [5.74, 6) is -0.402. The van der Waals surface area contributed by atoms with Gasteiger partial charge in [-0.05, 0) is 99.4 Å². The zero-order valence-corrected chi connectivity index (χ0v) is 20.6. The van der Waals surface area contributed by atoms with E-state index < -0.39 is 5.54 Å². The molecule has 3 amide bonds. The molecule has 0 bridgehead atoms. The fourth-order valence-electron chi connectivity index (χ4n) is 5.59. The molecule has 1 aromatic heterocycles. The van der Waals surface area contributed by atoms with Crippen LogP contribution in [0.3, 0.4) is 0 Å². The number of urea groups is 1. The molecule has 1 aromatic carbocycles. The molecule has 3 aliphatic heterocycles. The Hall–Kier alpha value is -2.29. The molecule has 2 aromatic rings. The van der Waals surface area contributed by atoms with E-state index in [1.54, 1.807) is 12.1 Å². The average molecular weight is 485 g/mol. The van der Waals surface area contributed by atoms with Crippen molar-refractivity contribution >= 4 is 23.3 Å². The molecule has 1 atom stereocenters. The van der Waals surface area contributed by atoms with Crippen LogP contribution in [0.15, 0.2) is 35.7 Å². The number of halogens is 1. The largest absolute Gasteiger partial charge is 0.325 e. The molecule has 182 valence electrons. The Balaban J connectivity index is 1.15. The molecule has 1 N–H and O–H groups in total. The van der Waals surface area contributed by atoms with Crippen LogP contribution in [0.5, 0.6) is 0 Å². The van der Waals surface area contributed by atoms with Crippen LogP contribution >= 0.6 is 11.3 Å². The van der Waals surface area contributed by atoms with Crippen LogP contribution in [-0.2, 0) is 24.4 Å². The van der Waals surface area contributed by atoms with Gasteiger partial charge in [0.25, 0.3) is 5.91 Å². The van der Waals surface area contributed by atoms with Crippen LogP contribution < -0.4 is 5.32 Å². The maximum absolute atomic E-state index is 13.3. The van der Waals surface area contributed by atoms with Crippen molar-refractivity contribution in [2.24, 2.45) is 5.92 Å². The number of nitrogens with zero attached hydrogens (tertiary/aromatic N) is 3. The monoisotopic (exact) mass is 484 g/mol. The Morgan fingerprint density at radius 1 is 0.971 bits per heavy atom. The average Bonchev–Trinajstić information content (AvgIpc) is 3.55. The number of rotatable bonds is 7. The van der Waals surface area contributed by atoms with Crippen molar-refractivity contribution in [3.63, 3.8) is 0 Å². The molecule has 3 aliphatic rings. The minimum atomic E-state index is -0.880. The second kappa shape index (κ2) is 9.76. The third-order valence-electron chi connectivity index (χ3n) is 7.65. The lowest BCUT2D eigenvalue weighted by Gasteiger charge is -2.38. The number of likely N-dealkylation sites (tertiary alicyclic amines) is 2. The van der Waals surface area contributed by atoms with Gasteiger partial charge < -0.3 is 5.32 Å². The number of nitrogens with one attached hydrogen (secondary N) is 1. The SMILES string of the molecule is CC1(C2CCN(Cc3cc(CN4CCCC4)cs3)CC2)NC(=O)N(Cc2ccc(F)cc2)C1=O. The molecule has 0 aliphatic carbocycles. The van der Waals surface area contributed by atoms with E-state index in [-0.39, 0.29) is 30.2 Å². The summed E-state index contributed by atoms with van der Waals surface area (Å²) in [6.07, 6.45) is 4.38. The van der Waals surface area contributed by atoms with Gasteiger partial charge in [0.1, 0.15) is 11.4 Å². The standard InChI is InChI=1S/C26H33FN4O2S/c1-26(24(32)31(25(33)28-26)16-19-4-6-22(27)7-5-19)21-8-12-30(13-9-21)17-23-14-20(18-34-23)15-29-10-2-3-11-29/h4-7,14,18,21H,2-3,8-13,15-17H2,1H3,(H,28,33). The molecule has 1 unspecified atom stereocenters. The summed E-state index contributed by atoms with van der Waals surface area (Å²) in [5, 5.41) is 5.27. The lowest BCUT2D eigenvalue weighted by atomic mass is 9.79. The molecule has 6 nitrogen and oxygen atoms in total. The Morgan fingerprint density at radius 2 is 1.65 bits per heavy atom. The predicted octanol–water partition coefficient (Wildman–Crippen LogP) is 4.21. The van der Waals surface area contributed by atoms with Gasteiger partial charge in [0.15, 0.2) is 0 Å². The Kier molecular flexibility index (Phi) is 6.73. The number of carbonyl (C=O) groups is 2. The number of hydrogen-bond acceptors (Lipinski definition) is 5. The van der Waals surface area contributed by atoms with E-state index in [0.29, 0.717) is 0 Å². The fraction of sp³-hybridized carbons (Fsp3) is 0.538. The Bertz CT molecular complexity index is 1030. The van der Waals surface area contributed by atoms with Crippen LogP contribution in [-0.4, -0.2) is 58.4 Å². The van der Waals surface area contributed by atoms with Gasteiger partial charge in [-0.3, -0.25) is 19.5 Å². The summed E-state index contributed by atoms with van der Waals surface area (Å²) in [5.41, 5.74) is 1.28. The number of hydrogen-bond donors (Lipinski definition) is 1. The predicted molar refractivity (Wildman–Crippen MR) is 131 cm³/mol. The first-order valence-corrected chi connectivity index (χ1v) is 13.2. The zero-order chi connectivity index (χ0) is 23.7. The van der Waals surface area contributed by atoms with Gasteiger partial charge in [0.05, 0.1) is 6.54 Å². The Morgan fingerprint density at radius 3 is 2.35 bits per heavy atom. The highest BCUT2D eigenvalue weighted by molar-refractivity contribution is 7.10. The maximum Gasteiger partial charge on any atom is 0.325 e. The summed E-state index contributed by atoms with van der Waals surface area (Å²) in [7, 11) is 0. The van der Waals surface area contributed by atoms with Crippen LogP contribution in [0.4, 0.5) is 9.18 Å². The zero-order valence-electron chi connectivity index (χ0n) is 19.8. The summed E-state index contributed by atoms with van der Waals surface area (Å²) >= 11 is 1.85. The topological polar surface area (TPSA) is 55.9 Å². The van der Waals surface area contributed by atoms with E-state index in [0.717, 1.165) is 44.6 Å². The second-order valence-corrected chi connectivity index (χ2v) is 11.1. The van der Waals surface area contributed by atoms with Gasteiger partial charge in [-0.2, -0.15) is 0 Å². The highest BCUT2D eigenvalue weighted by Gasteiger charge is 2.52. The van der Waals surface area contributed by atoms with Gasteiger partial charge in [-0.25, -0.2) is 9.18 Å². The van der Waals surface area contributed by atoms with E-state index in [4.69, 9.17) is 0 Å². The smallest absolute Gasteiger partial charge is 0.323 e. The summed E-state index contributed by atoms with van der Waals surface area (Å²) in [6, 6.07) is 7.93. The lowest BCUT2D eigenvalue weighted by molar-refractivity contribution is -0.133. The van der Waals surface area contributed by atoms with Crippen LogP contribution in [0, 0.1) is 11.7 Å². The van der Waals surface area contributed by atoms with Crippen molar-refractivity contribution in [3.05, 3.63) is 57.5 Å². The molecule has 4 heterocycles. The van der Waals surface area contributed by atoms with E-state index >= 15 is 0 Å². The molecule has 5 rings (SSSR count). The normalized spacial score (nSPS) is 24.8. The van der Waals surface area contributed by atoms with Crippen LogP contribution in [0.25, 0.3) is 0 Å². The number of carbonyl (C=O) groups excluding carboxylic acids is 2. The quantitative estimate of drug-likeness (QED) is 0.599. The number of benzene rings is 1. The van der Waals surface area contributed by atoms with Crippen molar-refractivity contribution < 1.29 is 14.0 Å². The van der Waals surface area contributed by atoms with E-state index in [2.05, 4.69) is 26.6 Å². The molecule has 34 heavy (non-hydrogen) atoms. The first-order valence-electron chi connectivity index (χ1n) is 12.3.